The Morgan fingerprint density at radius 3 is 2.61 bits per heavy atom. The highest BCUT2D eigenvalue weighted by Gasteiger charge is 2.44. The summed E-state index contributed by atoms with van der Waals surface area (Å²) in [6.07, 6.45) is 0.855. The van der Waals surface area contributed by atoms with Crippen LogP contribution in [0.25, 0.3) is 0 Å². The van der Waals surface area contributed by atoms with Crippen molar-refractivity contribution in [3.63, 3.8) is 0 Å². The third kappa shape index (κ3) is 4.49. The Labute approximate surface area is 188 Å². The molecule has 2 aliphatic heterocycles. The van der Waals surface area contributed by atoms with Crippen LogP contribution < -0.4 is 5.32 Å². The first-order valence-corrected chi connectivity index (χ1v) is 10.7. The molecule has 2 aromatic carbocycles. The average molecular weight is 467 g/mol. The molecule has 2 N–H and O–H groups in total. The fourth-order valence-corrected chi connectivity index (χ4v) is 4.66. The number of ether oxygens (including phenoxy) is 1. The average Bonchev–Trinajstić information content (AvgIpc) is 2.72. The van der Waals surface area contributed by atoms with E-state index < -0.39 is 23.6 Å². The minimum absolute atomic E-state index is 0.323. The maximum atomic E-state index is 13.9. The molecular weight excluding hydrogens is 446 g/mol. The molecular formula is C22H21Cl2FN2O4. The van der Waals surface area contributed by atoms with E-state index in [1.165, 1.54) is 12.1 Å². The highest BCUT2D eigenvalue weighted by atomic mass is 35.5. The Morgan fingerprint density at radius 1 is 1.19 bits per heavy atom. The lowest BCUT2D eigenvalue weighted by Crippen LogP contribution is -2.48. The van der Waals surface area contributed by atoms with Crippen molar-refractivity contribution in [2.45, 2.75) is 30.8 Å². The van der Waals surface area contributed by atoms with Gasteiger partial charge in [0.25, 0.3) is 0 Å². The standard InChI is InChI=1S/C22H21Cl2FN2O4/c23-17-3-1-13(11-18(17)24)15(20(28)29)5-8-27-9-6-22(7-10-27)16-12-14(25)2-4-19(16)26-21(30)31-22/h1-4,11-12,15H,5-10H2,(H,26,30)(H,28,29). The molecule has 2 heterocycles. The van der Waals surface area contributed by atoms with E-state index in [0.717, 1.165) is 0 Å². The topological polar surface area (TPSA) is 78.9 Å². The summed E-state index contributed by atoms with van der Waals surface area (Å²) in [6.45, 7) is 1.74. The van der Waals surface area contributed by atoms with Crippen molar-refractivity contribution in [1.29, 1.82) is 0 Å². The molecule has 9 heteroatoms. The highest BCUT2D eigenvalue weighted by molar-refractivity contribution is 6.42. The number of hydrogen-bond donors (Lipinski definition) is 2. The zero-order valence-corrected chi connectivity index (χ0v) is 18.0. The molecule has 0 aliphatic carbocycles. The Hall–Kier alpha value is -2.35. The lowest BCUT2D eigenvalue weighted by atomic mass is 9.82. The number of likely N-dealkylation sites (tertiary alicyclic amines) is 1. The van der Waals surface area contributed by atoms with E-state index in [0.29, 0.717) is 65.8 Å². The van der Waals surface area contributed by atoms with Gasteiger partial charge in [0, 0.05) is 31.5 Å². The Balaban J connectivity index is 1.43. The third-order valence-electron chi connectivity index (χ3n) is 6.04. The van der Waals surface area contributed by atoms with Gasteiger partial charge >= 0.3 is 12.1 Å². The van der Waals surface area contributed by atoms with Gasteiger partial charge in [0.2, 0.25) is 0 Å². The fraction of sp³-hybridized carbons (Fsp3) is 0.364. The van der Waals surface area contributed by atoms with Gasteiger partial charge in [-0.1, -0.05) is 29.3 Å². The predicted octanol–water partition coefficient (Wildman–Crippen LogP) is 5.24. The Kier molecular flexibility index (Phi) is 6.10. The number of nitrogens with one attached hydrogen (secondary N) is 1. The maximum Gasteiger partial charge on any atom is 0.412 e. The second-order valence-electron chi connectivity index (χ2n) is 7.89. The van der Waals surface area contributed by atoms with Crippen LogP contribution in [0.1, 0.15) is 36.3 Å². The predicted molar refractivity (Wildman–Crippen MR) is 115 cm³/mol. The van der Waals surface area contributed by atoms with Crippen LogP contribution in [0.2, 0.25) is 10.0 Å². The molecule has 0 radical (unpaired) electrons. The van der Waals surface area contributed by atoms with Crippen molar-refractivity contribution in [2.75, 3.05) is 25.0 Å². The monoisotopic (exact) mass is 466 g/mol. The number of fused-ring (bicyclic) bond motifs is 2. The number of carboxylic acids is 1. The summed E-state index contributed by atoms with van der Waals surface area (Å²) in [4.78, 5) is 26.0. The number of amides is 1. The zero-order chi connectivity index (χ0) is 22.2. The largest absolute Gasteiger partial charge is 0.481 e. The first-order chi connectivity index (χ1) is 14.8. The highest BCUT2D eigenvalue weighted by Crippen LogP contribution is 2.43. The van der Waals surface area contributed by atoms with E-state index in [2.05, 4.69) is 10.2 Å². The number of nitrogens with zero attached hydrogens (tertiary/aromatic N) is 1. The summed E-state index contributed by atoms with van der Waals surface area (Å²) in [5, 5.41) is 13.0. The van der Waals surface area contributed by atoms with Gasteiger partial charge in [-0.15, -0.1) is 0 Å². The van der Waals surface area contributed by atoms with Gasteiger partial charge in [-0.3, -0.25) is 10.1 Å². The lowest BCUT2D eigenvalue weighted by Gasteiger charge is -2.44. The first kappa shape index (κ1) is 21.9. The van der Waals surface area contributed by atoms with Crippen molar-refractivity contribution in [3.05, 3.63) is 63.4 Å². The van der Waals surface area contributed by atoms with Crippen molar-refractivity contribution in [3.8, 4) is 0 Å². The van der Waals surface area contributed by atoms with Gasteiger partial charge in [-0.05, 0) is 48.9 Å². The number of aliphatic carboxylic acids is 1. The van der Waals surface area contributed by atoms with E-state index in [1.54, 1.807) is 24.3 Å². The smallest absolute Gasteiger partial charge is 0.412 e. The molecule has 1 spiro atoms. The van der Waals surface area contributed by atoms with Gasteiger partial charge in [-0.2, -0.15) is 0 Å². The van der Waals surface area contributed by atoms with Gasteiger partial charge in [-0.25, -0.2) is 9.18 Å². The summed E-state index contributed by atoms with van der Waals surface area (Å²) in [7, 11) is 0. The van der Waals surface area contributed by atoms with Crippen LogP contribution in [-0.2, 0) is 15.1 Å². The molecule has 0 bridgehead atoms. The van der Waals surface area contributed by atoms with E-state index in [1.807, 2.05) is 0 Å². The number of halogens is 3. The van der Waals surface area contributed by atoms with Crippen molar-refractivity contribution >= 4 is 41.0 Å². The number of carbonyl (C=O) groups is 2. The van der Waals surface area contributed by atoms with Gasteiger partial charge < -0.3 is 14.7 Å². The molecule has 4 rings (SSSR count). The lowest BCUT2D eigenvalue weighted by molar-refractivity contribution is -0.139. The summed E-state index contributed by atoms with van der Waals surface area (Å²) in [6, 6.07) is 9.14. The van der Waals surface area contributed by atoms with E-state index in [4.69, 9.17) is 27.9 Å². The van der Waals surface area contributed by atoms with Gasteiger partial charge in [0.05, 0.1) is 21.7 Å². The van der Waals surface area contributed by atoms with Crippen LogP contribution in [-0.4, -0.2) is 41.7 Å². The van der Waals surface area contributed by atoms with E-state index >= 15 is 0 Å². The quantitative estimate of drug-likeness (QED) is 0.629. The summed E-state index contributed by atoms with van der Waals surface area (Å²) in [5.41, 5.74) is 0.946. The van der Waals surface area contributed by atoms with Crippen LogP contribution >= 0.6 is 23.2 Å². The number of anilines is 1. The molecule has 31 heavy (non-hydrogen) atoms. The van der Waals surface area contributed by atoms with Crippen molar-refractivity contribution < 1.29 is 23.8 Å². The van der Waals surface area contributed by atoms with Crippen LogP contribution in [0.15, 0.2) is 36.4 Å². The number of rotatable bonds is 5. The molecule has 6 nitrogen and oxygen atoms in total. The molecule has 1 atom stereocenters. The molecule has 0 aromatic heterocycles. The van der Waals surface area contributed by atoms with Crippen LogP contribution in [0.4, 0.5) is 14.9 Å². The van der Waals surface area contributed by atoms with Crippen molar-refractivity contribution in [2.24, 2.45) is 0 Å². The van der Waals surface area contributed by atoms with E-state index in [-0.39, 0.29) is 5.82 Å². The van der Waals surface area contributed by atoms with Crippen LogP contribution in [0, 0.1) is 5.82 Å². The molecule has 1 fully saturated rings. The number of carbonyl (C=O) groups excluding carboxylic acids is 1. The van der Waals surface area contributed by atoms with Gasteiger partial charge in [0.15, 0.2) is 0 Å². The zero-order valence-electron chi connectivity index (χ0n) is 16.5. The summed E-state index contributed by atoms with van der Waals surface area (Å²) < 4.78 is 19.5. The molecule has 1 unspecified atom stereocenters. The summed E-state index contributed by atoms with van der Waals surface area (Å²) in [5.74, 6) is -2.02. The first-order valence-electron chi connectivity index (χ1n) is 9.97. The molecule has 1 saturated heterocycles. The second-order valence-corrected chi connectivity index (χ2v) is 8.71. The number of piperidine rings is 1. The fourth-order valence-electron chi connectivity index (χ4n) is 4.35. The molecule has 2 aromatic rings. The van der Waals surface area contributed by atoms with Crippen LogP contribution in [0.3, 0.4) is 0 Å². The summed E-state index contributed by atoms with van der Waals surface area (Å²) >= 11 is 12.0. The second kappa shape index (κ2) is 8.65. The molecule has 164 valence electrons. The molecule has 1 amide bonds. The Morgan fingerprint density at radius 2 is 1.94 bits per heavy atom. The maximum absolute atomic E-state index is 13.9. The van der Waals surface area contributed by atoms with E-state index in [9.17, 15) is 19.1 Å². The normalized spacial score (nSPS) is 18.7. The minimum Gasteiger partial charge on any atom is -0.481 e. The van der Waals surface area contributed by atoms with Crippen molar-refractivity contribution in [1.82, 2.24) is 4.90 Å². The molecule has 2 aliphatic rings. The number of hydrogen-bond acceptors (Lipinski definition) is 4. The number of carboxylic acid groups (broad SMARTS) is 1. The molecule has 0 saturated carbocycles. The minimum atomic E-state index is -0.927. The third-order valence-corrected chi connectivity index (χ3v) is 6.78. The number of benzene rings is 2. The van der Waals surface area contributed by atoms with Crippen LogP contribution in [0.5, 0.6) is 0 Å². The SMILES string of the molecule is O=C1Nc2ccc(F)cc2C2(CCN(CCC(C(=O)O)c3ccc(Cl)c(Cl)c3)CC2)O1. The Bertz CT molecular complexity index is 1020. The van der Waals surface area contributed by atoms with Gasteiger partial charge in [0.1, 0.15) is 11.4 Å².